The second kappa shape index (κ2) is 7.24. The van der Waals surface area contributed by atoms with Crippen LogP contribution in [0.5, 0.6) is 17.2 Å². The molecule has 0 aliphatic carbocycles. The lowest BCUT2D eigenvalue weighted by molar-refractivity contribution is 0.0597. The summed E-state index contributed by atoms with van der Waals surface area (Å²) in [7, 11) is 2.60. The fourth-order valence-corrected chi connectivity index (χ4v) is 2.62. The van der Waals surface area contributed by atoms with Crippen LogP contribution in [0.1, 0.15) is 10.4 Å². The average Bonchev–Trinajstić information content (AvgIpc) is 2.67. The maximum Gasteiger partial charge on any atom is 0.341 e. The summed E-state index contributed by atoms with van der Waals surface area (Å²) in [4.78, 5) is 16.1. The lowest BCUT2D eigenvalue weighted by atomic mass is 10.1. The van der Waals surface area contributed by atoms with Gasteiger partial charge in [-0.2, -0.15) is 0 Å². The van der Waals surface area contributed by atoms with E-state index in [4.69, 9.17) is 31.5 Å². The van der Waals surface area contributed by atoms with Crippen molar-refractivity contribution in [1.82, 2.24) is 4.98 Å². The third kappa shape index (κ3) is 3.31. The smallest absolute Gasteiger partial charge is 0.341 e. The number of esters is 1. The molecule has 0 radical (unpaired) electrons. The second-order valence-corrected chi connectivity index (χ2v) is 5.76. The quantitative estimate of drug-likeness (QED) is 0.402. The monoisotopic (exact) mass is 394 g/mol. The Bertz CT molecular complexity index is 1060. The van der Waals surface area contributed by atoms with E-state index in [1.165, 1.54) is 38.6 Å². The summed E-state index contributed by atoms with van der Waals surface area (Å²) < 4.78 is 43.7. The molecular formula is C18H13ClF2N2O4. The molecule has 0 amide bonds. The van der Waals surface area contributed by atoms with Gasteiger partial charge < -0.3 is 19.9 Å². The number of fused-ring (bicyclic) bond motifs is 1. The predicted molar refractivity (Wildman–Crippen MR) is 95.5 cm³/mol. The maximum atomic E-state index is 14.3. The molecule has 0 saturated heterocycles. The molecule has 2 aromatic carbocycles. The molecule has 1 aromatic heterocycles. The van der Waals surface area contributed by atoms with Crippen molar-refractivity contribution in [2.24, 2.45) is 0 Å². The Kier molecular flexibility index (Phi) is 5.00. The van der Waals surface area contributed by atoms with Gasteiger partial charge in [0.1, 0.15) is 22.1 Å². The van der Waals surface area contributed by atoms with Crippen molar-refractivity contribution in [3.8, 4) is 17.2 Å². The molecule has 3 rings (SSSR count). The molecule has 0 spiro atoms. The van der Waals surface area contributed by atoms with Crippen LogP contribution in [-0.4, -0.2) is 25.2 Å². The number of methoxy groups -OCH3 is 2. The lowest BCUT2D eigenvalue weighted by Gasteiger charge is -2.14. The number of nitrogen functional groups attached to an aromatic ring is 1. The third-order valence-electron chi connectivity index (χ3n) is 3.78. The van der Waals surface area contributed by atoms with E-state index in [-0.39, 0.29) is 22.7 Å². The van der Waals surface area contributed by atoms with E-state index in [1.54, 1.807) is 0 Å². The van der Waals surface area contributed by atoms with E-state index in [0.717, 1.165) is 6.07 Å². The molecule has 0 aliphatic rings. The molecule has 27 heavy (non-hydrogen) atoms. The van der Waals surface area contributed by atoms with Crippen LogP contribution in [0.15, 0.2) is 30.5 Å². The van der Waals surface area contributed by atoms with Gasteiger partial charge in [-0.1, -0.05) is 11.6 Å². The van der Waals surface area contributed by atoms with E-state index in [1.807, 2.05) is 0 Å². The maximum absolute atomic E-state index is 14.3. The summed E-state index contributed by atoms with van der Waals surface area (Å²) in [5, 5.41) is -0.146. The third-order valence-corrected chi connectivity index (χ3v) is 4.17. The van der Waals surface area contributed by atoms with Gasteiger partial charge in [-0.25, -0.2) is 13.6 Å². The number of benzene rings is 2. The number of halogens is 3. The first-order valence-electron chi connectivity index (χ1n) is 7.53. The van der Waals surface area contributed by atoms with Gasteiger partial charge in [0.25, 0.3) is 0 Å². The van der Waals surface area contributed by atoms with Crippen molar-refractivity contribution in [1.29, 1.82) is 0 Å². The Hall–Kier alpha value is -3.13. The number of anilines is 1. The van der Waals surface area contributed by atoms with E-state index >= 15 is 0 Å². The van der Waals surface area contributed by atoms with Gasteiger partial charge in [0.2, 0.25) is 0 Å². The van der Waals surface area contributed by atoms with Crippen LogP contribution in [0.3, 0.4) is 0 Å². The second-order valence-electron chi connectivity index (χ2n) is 5.38. The first kappa shape index (κ1) is 18.7. The standard InChI is InChI=1S/C18H13ClF2N2O4/c1-25-14-7-12-8(5-9(14)18(24)26-2)13(3-4-23-12)27-17-10(20)6-11(22)15(19)16(17)21/h3-7H,22H2,1-2H3. The van der Waals surface area contributed by atoms with Crippen LogP contribution in [0.25, 0.3) is 10.9 Å². The zero-order chi connectivity index (χ0) is 19.7. The van der Waals surface area contributed by atoms with Crippen molar-refractivity contribution in [3.63, 3.8) is 0 Å². The number of pyridine rings is 1. The Balaban J connectivity index is 2.19. The number of rotatable bonds is 4. The fraction of sp³-hybridized carbons (Fsp3) is 0.111. The van der Waals surface area contributed by atoms with Gasteiger partial charge in [-0.15, -0.1) is 0 Å². The van der Waals surface area contributed by atoms with Gasteiger partial charge >= 0.3 is 5.97 Å². The van der Waals surface area contributed by atoms with Crippen molar-refractivity contribution >= 4 is 34.2 Å². The van der Waals surface area contributed by atoms with E-state index in [2.05, 4.69) is 4.98 Å². The van der Waals surface area contributed by atoms with Crippen molar-refractivity contribution in [3.05, 3.63) is 52.7 Å². The minimum atomic E-state index is -1.14. The topological polar surface area (TPSA) is 83.7 Å². The van der Waals surface area contributed by atoms with Crippen LogP contribution in [0.2, 0.25) is 5.02 Å². The summed E-state index contributed by atoms with van der Waals surface area (Å²) >= 11 is 5.73. The number of nitrogens with two attached hydrogens (primary N) is 1. The zero-order valence-electron chi connectivity index (χ0n) is 14.2. The highest BCUT2D eigenvalue weighted by atomic mass is 35.5. The van der Waals surface area contributed by atoms with Crippen LogP contribution in [-0.2, 0) is 4.74 Å². The van der Waals surface area contributed by atoms with Gasteiger partial charge in [-0.3, -0.25) is 4.98 Å². The number of carbonyl (C=O) groups excluding carboxylic acids is 1. The summed E-state index contributed by atoms with van der Waals surface area (Å²) in [6.45, 7) is 0. The van der Waals surface area contributed by atoms with Gasteiger partial charge in [0.05, 0.1) is 25.4 Å². The Morgan fingerprint density at radius 2 is 1.93 bits per heavy atom. The largest absolute Gasteiger partial charge is 0.496 e. The highest BCUT2D eigenvalue weighted by Crippen LogP contribution is 2.38. The molecule has 1 heterocycles. The summed E-state index contributed by atoms with van der Waals surface area (Å²) in [5.74, 6) is -3.27. The normalized spacial score (nSPS) is 10.7. The highest BCUT2D eigenvalue weighted by molar-refractivity contribution is 6.33. The Labute approximate surface area is 157 Å². The molecule has 0 fully saturated rings. The van der Waals surface area contributed by atoms with Crippen LogP contribution in [0.4, 0.5) is 14.5 Å². The molecule has 0 aliphatic heterocycles. The van der Waals surface area contributed by atoms with Gasteiger partial charge in [0.15, 0.2) is 17.4 Å². The van der Waals surface area contributed by atoms with E-state index < -0.39 is 28.4 Å². The SMILES string of the molecule is COC(=O)c1cc2c(Oc3c(F)cc(N)c(Cl)c3F)ccnc2cc1OC. The molecule has 0 bridgehead atoms. The molecule has 0 saturated carbocycles. The highest BCUT2D eigenvalue weighted by Gasteiger charge is 2.21. The van der Waals surface area contributed by atoms with Crippen LogP contribution in [0, 0.1) is 11.6 Å². The molecule has 6 nitrogen and oxygen atoms in total. The number of ether oxygens (including phenoxy) is 3. The zero-order valence-corrected chi connectivity index (χ0v) is 14.9. The molecular weight excluding hydrogens is 382 g/mol. The number of nitrogens with zero attached hydrogens (tertiary/aromatic N) is 1. The Morgan fingerprint density at radius 3 is 2.59 bits per heavy atom. The number of hydrogen-bond donors (Lipinski definition) is 1. The lowest BCUT2D eigenvalue weighted by Crippen LogP contribution is -2.05. The predicted octanol–water partition coefficient (Wildman–Crippen LogP) is 4.34. The summed E-state index contributed by atoms with van der Waals surface area (Å²) in [6, 6.07) is 5.13. The molecule has 9 heteroatoms. The summed E-state index contributed by atoms with van der Waals surface area (Å²) in [5.41, 5.74) is 5.65. The molecule has 2 N–H and O–H groups in total. The van der Waals surface area contributed by atoms with Crippen molar-refractivity contribution in [2.75, 3.05) is 20.0 Å². The number of aromatic nitrogens is 1. The van der Waals surface area contributed by atoms with Crippen molar-refractivity contribution < 1.29 is 27.8 Å². The van der Waals surface area contributed by atoms with Crippen LogP contribution >= 0.6 is 11.6 Å². The minimum Gasteiger partial charge on any atom is -0.496 e. The molecule has 140 valence electrons. The number of hydrogen-bond acceptors (Lipinski definition) is 6. The molecule has 0 unspecified atom stereocenters. The first-order chi connectivity index (χ1) is 12.9. The van der Waals surface area contributed by atoms with Gasteiger partial charge in [-0.05, 0) is 12.1 Å². The van der Waals surface area contributed by atoms with E-state index in [9.17, 15) is 13.6 Å². The fourth-order valence-electron chi connectivity index (χ4n) is 2.48. The Morgan fingerprint density at radius 1 is 1.19 bits per heavy atom. The van der Waals surface area contributed by atoms with Gasteiger partial charge in [0, 0.05) is 23.7 Å². The minimum absolute atomic E-state index is 0.0476. The number of carbonyl (C=O) groups is 1. The first-order valence-corrected chi connectivity index (χ1v) is 7.91. The average molecular weight is 395 g/mol. The summed E-state index contributed by atoms with van der Waals surface area (Å²) in [6.07, 6.45) is 1.38. The van der Waals surface area contributed by atoms with E-state index in [0.29, 0.717) is 10.9 Å². The van der Waals surface area contributed by atoms with Crippen LogP contribution < -0.4 is 15.2 Å². The molecule has 0 atom stereocenters. The van der Waals surface area contributed by atoms with Crippen molar-refractivity contribution in [2.45, 2.75) is 0 Å². The molecule has 3 aromatic rings.